The molecule has 0 atom stereocenters. The Morgan fingerprint density at radius 1 is 1.25 bits per heavy atom. The molecule has 3 amide bonds. The number of carbonyl (C=O) groups is 3. The number of rotatable bonds is 5. The van der Waals surface area contributed by atoms with Gasteiger partial charge < -0.3 is 15.1 Å². The number of benzene rings is 1. The zero-order valence-electron chi connectivity index (χ0n) is 18.0. The number of carbonyl (C=O) groups excluding carboxylic acids is 2. The summed E-state index contributed by atoms with van der Waals surface area (Å²) in [5.74, 6) is -1.64. The molecule has 0 bridgehead atoms. The first kappa shape index (κ1) is 22.0. The number of hydrogen-bond donors (Lipinski definition) is 3. The van der Waals surface area contributed by atoms with Gasteiger partial charge in [-0.15, -0.1) is 0 Å². The number of halogens is 1. The topological polar surface area (TPSA) is 128 Å². The zero-order chi connectivity index (χ0) is 23.2. The molecule has 1 aromatic carbocycles. The lowest BCUT2D eigenvalue weighted by molar-refractivity contribution is -0.143. The number of carboxylic acids is 1. The van der Waals surface area contributed by atoms with E-state index in [0.717, 1.165) is 0 Å². The fourth-order valence-corrected chi connectivity index (χ4v) is 4.35. The van der Waals surface area contributed by atoms with E-state index in [-0.39, 0.29) is 44.2 Å². The molecule has 4 rings (SSSR count). The van der Waals surface area contributed by atoms with E-state index in [1.165, 1.54) is 11.0 Å². The summed E-state index contributed by atoms with van der Waals surface area (Å²) < 4.78 is 16.9. The Balaban J connectivity index is 1.69. The highest BCUT2D eigenvalue weighted by atomic mass is 19.1. The van der Waals surface area contributed by atoms with Crippen LogP contribution in [0.2, 0.25) is 0 Å². The van der Waals surface area contributed by atoms with Crippen LogP contribution in [-0.4, -0.2) is 63.1 Å². The van der Waals surface area contributed by atoms with Crippen molar-refractivity contribution in [1.29, 1.82) is 0 Å². The summed E-state index contributed by atoms with van der Waals surface area (Å²) in [4.78, 5) is 38.0. The third kappa shape index (κ3) is 3.99. The summed E-state index contributed by atoms with van der Waals surface area (Å²) in [6.45, 7) is 4.63. The standard InChI is InChI=1S/C21H26FN5O5/c1-12(2)27-15-10-16(25-7-4-21(32,5-8-25)11-18(29)30)14(22)9-13(15)19(24-27)26-6-3-17(28)23-20(26)31/h9-10,12,32H,3-8,11H2,1-2H3,(H,29,30)(H,23,28,31). The molecule has 2 aliphatic heterocycles. The molecule has 172 valence electrons. The van der Waals surface area contributed by atoms with Crippen LogP contribution in [0.5, 0.6) is 0 Å². The molecular formula is C21H26FN5O5. The first-order valence-electron chi connectivity index (χ1n) is 10.6. The fraction of sp³-hybridized carbons (Fsp3) is 0.524. The summed E-state index contributed by atoms with van der Waals surface area (Å²) in [5.41, 5.74) is -0.321. The van der Waals surface area contributed by atoms with Crippen LogP contribution < -0.4 is 15.1 Å². The minimum Gasteiger partial charge on any atom is -0.481 e. The van der Waals surface area contributed by atoms with Crippen LogP contribution in [0.4, 0.5) is 20.7 Å². The van der Waals surface area contributed by atoms with Gasteiger partial charge in [-0.25, -0.2) is 9.18 Å². The van der Waals surface area contributed by atoms with Crippen LogP contribution in [-0.2, 0) is 9.59 Å². The molecule has 2 aliphatic rings. The van der Waals surface area contributed by atoms with Gasteiger partial charge in [0.25, 0.3) is 0 Å². The van der Waals surface area contributed by atoms with Gasteiger partial charge in [-0.2, -0.15) is 5.10 Å². The molecule has 0 unspecified atom stereocenters. The molecule has 2 saturated heterocycles. The maximum absolute atomic E-state index is 15.2. The highest BCUT2D eigenvalue weighted by Crippen LogP contribution is 2.36. The summed E-state index contributed by atoms with van der Waals surface area (Å²) >= 11 is 0. The van der Waals surface area contributed by atoms with Gasteiger partial charge in [0.05, 0.1) is 23.2 Å². The highest BCUT2D eigenvalue weighted by Gasteiger charge is 2.36. The minimum atomic E-state index is -1.30. The average molecular weight is 447 g/mol. The second-order valence-corrected chi connectivity index (χ2v) is 8.72. The maximum Gasteiger partial charge on any atom is 0.329 e. The fourth-order valence-electron chi connectivity index (χ4n) is 4.35. The van der Waals surface area contributed by atoms with Crippen molar-refractivity contribution in [3.05, 3.63) is 17.9 Å². The van der Waals surface area contributed by atoms with E-state index in [0.29, 0.717) is 35.5 Å². The number of urea groups is 1. The quantitative estimate of drug-likeness (QED) is 0.640. The van der Waals surface area contributed by atoms with Crippen molar-refractivity contribution in [2.45, 2.75) is 51.2 Å². The largest absolute Gasteiger partial charge is 0.481 e. The lowest BCUT2D eigenvalue weighted by atomic mass is 9.88. The molecule has 0 aliphatic carbocycles. The number of nitrogens with one attached hydrogen (secondary N) is 1. The van der Waals surface area contributed by atoms with Crippen molar-refractivity contribution in [2.24, 2.45) is 0 Å². The SMILES string of the molecule is CC(C)n1nc(N2CCC(=O)NC2=O)c2cc(F)c(N3CCC(O)(CC(=O)O)CC3)cc21. The number of nitrogens with zero attached hydrogens (tertiary/aromatic N) is 4. The van der Waals surface area contributed by atoms with Crippen LogP contribution >= 0.6 is 0 Å². The molecule has 3 heterocycles. The third-order valence-corrected chi connectivity index (χ3v) is 6.07. The molecule has 1 aromatic heterocycles. The van der Waals surface area contributed by atoms with E-state index >= 15 is 4.39 Å². The van der Waals surface area contributed by atoms with Crippen molar-refractivity contribution in [1.82, 2.24) is 15.1 Å². The predicted molar refractivity (Wildman–Crippen MR) is 114 cm³/mol. The van der Waals surface area contributed by atoms with E-state index in [1.54, 1.807) is 15.6 Å². The van der Waals surface area contributed by atoms with Crippen molar-refractivity contribution in [2.75, 3.05) is 29.4 Å². The average Bonchev–Trinajstić information content (AvgIpc) is 3.06. The van der Waals surface area contributed by atoms with Gasteiger partial charge in [0, 0.05) is 37.5 Å². The summed E-state index contributed by atoms with van der Waals surface area (Å²) in [6, 6.07) is 2.36. The van der Waals surface area contributed by atoms with Gasteiger partial charge in [0.1, 0.15) is 5.82 Å². The van der Waals surface area contributed by atoms with E-state index in [2.05, 4.69) is 10.4 Å². The van der Waals surface area contributed by atoms with E-state index < -0.39 is 23.4 Å². The molecule has 10 nitrogen and oxygen atoms in total. The molecular weight excluding hydrogens is 421 g/mol. The van der Waals surface area contributed by atoms with Gasteiger partial charge in [-0.3, -0.25) is 24.5 Å². The summed E-state index contributed by atoms with van der Waals surface area (Å²) in [7, 11) is 0. The molecule has 0 radical (unpaired) electrons. The van der Waals surface area contributed by atoms with Crippen LogP contribution in [0.3, 0.4) is 0 Å². The number of aliphatic carboxylic acids is 1. The summed E-state index contributed by atoms with van der Waals surface area (Å²) in [5, 5.41) is 26.8. The Morgan fingerprint density at radius 3 is 2.53 bits per heavy atom. The molecule has 0 spiro atoms. The van der Waals surface area contributed by atoms with E-state index in [1.807, 2.05) is 13.8 Å². The highest BCUT2D eigenvalue weighted by molar-refractivity contribution is 6.09. The van der Waals surface area contributed by atoms with Gasteiger partial charge >= 0.3 is 12.0 Å². The van der Waals surface area contributed by atoms with Crippen LogP contribution in [0.15, 0.2) is 12.1 Å². The third-order valence-electron chi connectivity index (χ3n) is 6.07. The van der Waals surface area contributed by atoms with Gasteiger partial charge in [-0.05, 0) is 38.8 Å². The molecule has 32 heavy (non-hydrogen) atoms. The molecule has 11 heteroatoms. The number of carboxylic acid groups (broad SMARTS) is 1. The second kappa shape index (κ2) is 8.05. The number of aromatic nitrogens is 2. The smallest absolute Gasteiger partial charge is 0.329 e. The Hall–Kier alpha value is -3.21. The van der Waals surface area contributed by atoms with Crippen molar-refractivity contribution in [3.8, 4) is 0 Å². The Kier molecular flexibility index (Phi) is 5.53. The monoisotopic (exact) mass is 447 g/mol. The number of imide groups is 1. The van der Waals surface area contributed by atoms with E-state index in [4.69, 9.17) is 5.11 Å². The van der Waals surface area contributed by atoms with Crippen LogP contribution in [0.1, 0.15) is 45.6 Å². The second-order valence-electron chi connectivity index (χ2n) is 8.72. The molecule has 3 N–H and O–H groups in total. The number of hydrogen-bond acceptors (Lipinski definition) is 6. The normalized spacial score (nSPS) is 19.0. The lowest BCUT2D eigenvalue weighted by Crippen LogP contribution is -2.49. The van der Waals surface area contributed by atoms with Crippen molar-refractivity contribution < 1.29 is 29.0 Å². The number of piperidine rings is 1. The first-order valence-corrected chi connectivity index (χ1v) is 10.6. The minimum absolute atomic E-state index is 0.0685. The van der Waals surface area contributed by atoms with E-state index in [9.17, 15) is 19.5 Å². The molecule has 0 saturated carbocycles. The zero-order valence-corrected chi connectivity index (χ0v) is 18.0. The lowest BCUT2D eigenvalue weighted by Gasteiger charge is -2.38. The van der Waals surface area contributed by atoms with Crippen LogP contribution in [0.25, 0.3) is 10.9 Å². The van der Waals surface area contributed by atoms with Crippen molar-refractivity contribution in [3.63, 3.8) is 0 Å². The van der Waals surface area contributed by atoms with Gasteiger partial charge in [-0.1, -0.05) is 0 Å². The Morgan fingerprint density at radius 2 is 1.94 bits per heavy atom. The predicted octanol–water partition coefficient (Wildman–Crippen LogP) is 2.01. The maximum atomic E-state index is 15.2. The van der Waals surface area contributed by atoms with Crippen molar-refractivity contribution >= 4 is 40.3 Å². The number of anilines is 2. The Labute approximate surface area is 183 Å². The Bertz CT molecular complexity index is 1090. The number of fused-ring (bicyclic) bond motifs is 1. The summed E-state index contributed by atoms with van der Waals surface area (Å²) in [6.07, 6.45) is 0.225. The molecule has 2 fully saturated rings. The van der Waals surface area contributed by atoms with Gasteiger partial charge in [0.15, 0.2) is 5.82 Å². The van der Waals surface area contributed by atoms with Gasteiger partial charge in [0.2, 0.25) is 5.91 Å². The number of aliphatic hydroxyl groups is 1. The molecule has 2 aromatic rings. The van der Waals surface area contributed by atoms with Crippen LogP contribution in [0, 0.1) is 5.82 Å². The number of amides is 3. The first-order chi connectivity index (χ1) is 15.1.